The summed E-state index contributed by atoms with van der Waals surface area (Å²) in [6.07, 6.45) is -5.82. The third-order valence-corrected chi connectivity index (χ3v) is 4.57. The summed E-state index contributed by atoms with van der Waals surface area (Å²) in [5.74, 6) is -1.96. The van der Waals surface area contributed by atoms with E-state index >= 15 is 0 Å². The van der Waals surface area contributed by atoms with Crippen molar-refractivity contribution in [1.82, 2.24) is 5.32 Å². The van der Waals surface area contributed by atoms with Gasteiger partial charge in [-0.1, -0.05) is 11.6 Å². The van der Waals surface area contributed by atoms with Crippen LogP contribution < -0.4 is 21.5 Å². The largest absolute Gasteiger partial charge is 0.475 e. The van der Waals surface area contributed by atoms with E-state index in [9.17, 15) is 22.8 Å². The second kappa shape index (κ2) is 9.71. The number of esters is 1. The Kier molecular flexibility index (Phi) is 7.53. The van der Waals surface area contributed by atoms with Gasteiger partial charge >= 0.3 is 12.1 Å². The maximum Gasteiger partial charge on any atom is 0.429 e. The minimum atomic E-state index is -4.84. The zero-order chi connectivity index (χ0) is 23.3. The van der Waals surface area contributed by atoms with E-state index in [1.807, 2.05) is 0 Å². The number of nitrogens with one attached hydrogen (secondary N) is 1. The standard InChI is InChI=1S/C20H25F3N4O4/c1-10-7-11(2)15-12(8-10)9-13(16(31-15)20(21,22)23)17(28)27-14(18(29)30-3)5-4-6-26-19(24)25/h7-9,14,16H,4-6H2,1-3H3,(H,27,28)(H4,24,25,26)/t14?,16-/m0/s1. The summed E-state index contributed by atoms with van der Waals surface area (Å²) in [5, 5.41) is 2.31. The highest BCUT2D eigenvalue weighted by atomic mass is 19.4. The van der Waals surface area contributed by atoms with Gasteiger partial charge in [0.2, 0.25) is 6.10 Å². The van der Waals surface area contributed by atoms with Crippen LogP contribution in [0.15, 0.2) is 22.7 Å². The molecule has 0 aliphatic carbocycles. The first-order valence-corrected chi connectivity index (χ1v) is 9.44. The van der Waals surface area contributed by atoms with E-state index in [4.69, 9.17) is 16.2 Å². The molecule has 0 saturated heterocycles. The van der Waals surface area contributed by atoms with Crippen molar-refractivity contribution >= 4 is 23.9 Å². The van der Waals surface area contributed by atoms with E-state index in [2.05, 4.69) is 15.0 Å². The molecule has 0 spiro atoms. The minimum absolute atomic E-state index is 0.0613. The lowest BCUT2D eigenvalue weighted by Crippen LogP contribution is -2.48. The van der Waals surface area contributed by atoms with E-state index in [1.54, 1.807) is 26.0 Å². The van der Waals surface area contributed by atoms with E-state index < -0.39 is 35.8 Å². The number of nitrogens with zero attached hydrogens (tertiary/aromatic N) is 1. The van der Waals surface area contributed by atoms with Crippen molar-refractivity contribution < 1.29 is 32.2 Å². The van der Waals surface area contributed by atoms with Crippen LogP contribution in [-0.4, -0.2) is 49.8 Å². The predicted octanol–water partition coefficient (Wildman–Crippen LogP) is 1.72. The second-order valence-electron chi connectivity index (χ2n) is 7.14. The minimum Gasteiger partial charge on any atom is -0.475 e. The monoisotopic (exact) mass is 442 g/mol. The van der Waals surface area contributed by atoms with Gasteiger partial charge in [-0.25, -0.2) is 4.79 Å². The average Bonchev–Trinajstić information content (AvgIpc) is 2.67. The third-order valence-electron chi connectivity index (χ3n) is 4.57. The summed E-state index contributed by atoms with van der Waals surface area (Å²) in [6.45, 7) is 3.58. The van der Waals surface area contributed by atoms with Gasteiger partial charge in [-0.2, -0.15) is 13.2 Å². The number of methoxy groups -OCH3 is 1. The number of aliphatic imine (C=N–C) groups is 1. The summed E-state index contributed by atoms with van der Waals surface area (Å²) in [7, 11) is 1.11. The number of carbonyl (C=O) groups is 2. The molecule has 0 radical (unpaired) electrons. The van der Waals surface area contributed by atoms with Gasteiger partial charge in [0.1, 0.15) is 11.8 Å². The van der Waals surface area contributed by atoms with Gasteiger partial charge < -0.3 is 26.3 Å². The molecule has 1 aromatic rings. The normalized spacial score (nSPS) is 16.3. The van der Waals surface area contributed by atoms with E-state index in [-0.39, 0.29) is 31.1 Å². The van der Waals surface area contributed by atoms with Crippen molar-refractivity contribution in [2.45, 2.75) is 45.0 Å². The molecule has 2 atom stereocenters. The van der Waals surface area contributed by atoms with Crippen LogP contribution in [0.1, 0.15) is 29.5 Å². The Morgan fingerprint density at radius 1 is 1.29 bits per heavy atom. The molecule has 170 valence electrons. The molecule has 2 rings (SSSR count). The smallest absolute Gasteiger partial charge is 0.429 e. The lowest BCUT2D eigenvalue weighted by atomic mass is 9.96. The zero-order valence-corrected chi connectivity index (χ0v) is 17.4. The number of alkyl halides is 3. The number of benzene rings is 1. The Hall–Kier alpha value is -3.24. The van der Waals surface area contributed by atoms with Gasteiger partial charge in [0.25, 0.3) is 5.91 Å². The molecule has 1 aliphatic heterocycles. The van der Waals surface area contributed by atoms with E-state index in [1.165, 1.54) is 0 Å². The van der Waals surface area contributed by atoms with Crippen molar-refractivity contribution in [3.05, 3.63) is 34.4 Å². The molecule has 1 amide bonds. The SMILES string of the molecule is COC(=O)C(CCCN=C(N)N)NC(=O)C1=Cc2cc(C)cc(C)c2O[C@@H]1C(F)(F)F. The van der Waals surface area contributed by atoms with Crippen LogP contribution >= 0.6 is 0 Å². The second-order valence-corrected chi connectivity index (χ2v) is 7.14. The Morgan fingerprint density at radius 3 is 2.55 bits per heavy atom. The number of nitrogens with two attached hydrogens (primary N) is 2. The van der Waals surface area contributed by atoms with Crippen LogP contribution in [0.5, 0.6) is 5.75 Å². The highest BCUT2D eigenvalue weighted by molar-refractivity contribution is 6.02. The van der Waals surface area contributed by atoms with Gasteiger partial charge in [0.05, 0.1) is 12.7 Å². The first-order chi connectivity index (χ1) is 14.4. The Balaban J connectivity index is 2.32. The molecule has 0 fully saturated rings. The molecule has 1 aliphatic rings. The molecular formula is C20H25F3N4O4. The van der Waals surface area contributed by atoms with Gasteiger partial charge in [0, 0.05) is 12.1 Å². The Bertz CT molecular complexity index is 908. The van der Waals surface area contributed by atoms with E-state index in [0.29, 0.717) is 11.1 Å². The fourth-order valence-corrected chi connectivity index (χ4v) is 3.24. The van der Waals surface area contributed by atoms with Gasteiger partial charge in [-0.15, -0.1) is 0 Å². The number of hydrogen-bond acceptors (Lipinski definition) is 5. The van der Waals surface area contributed by atoms with Gasteiger partial charge in [-0.05, 0) is 44.4 Å². The van der Waals surface area contributed by atoms with Crippen molar-refractivity contribution in [3.8, 4) is 5.75 Å². The molecule has 1 heterocycles. The van der Waals surface area contributed by atoms with Crippen LogP contribution in [0.2, 0.25) is 0 Å². The number of rotatable bonds is 7. The van der Waals surface area contributed by atoms with Crippen molar-refractivity contribution in [2.24, 2.45) is 16.5 Å². The Labute approximate surface area is 177 Å². The first-order valence-electron chi connectivity index (χ1n) is 9.44. The van der Waals surface area contributed by atoms with Crippen LogP contribution in [0.4, 0.5) is 13.2 Å². The number of hydrogen-bond donors (Lipinski definition) is 3. The number of ether oxygens (including phenoxy) is 2. The summed E-state index contributed by atoms with van der Waals surface area (Å²) in [4.78, 5) is 28.6. The molecular weight excluding hydrogens is 417 g/mol. The maximum atomic E-state index is 13.7. The molecule has 0 aromatic heterocycles. The average molecular weight is 442 g/mol. The quantitative estimate of drug-likeness (QED) is 0.255. The van der Waals surface area contributed by atoms with Crippen LogP contribution in [0.25, 0.3) is 6.08 Å². The summed E-state index contributed by atoms with van der Waals surface area (Å²) >= 11 is 0. The summed E-state index contributed by atoms with van der Waals surface area (Å²) in [6, 6.07) is 2.13. The first kappa shape index (κ1) is 24.0. The van der Waals surface area contributed by atoms with E-state index in [0.717, 1.165) is 18.7 Å². The number of halogens is 3. The number of guanidine groups is 1. The molecule has 1 unspecified atom stereocenters. The fraction of sp³-hybridized carbons (Fsp3) is 0.450. The van der Waals surface area contributed by atoms with Crippen LogP contribution in [-0.2, 0) is 14.3 Å². The Morgan fingerprint density at radius 2 is 1.97 bits per heavy atom. The highest BCUT2D eigenvalue weighted by Crippen LogP contribution is 2.39. The molecule has 5 N–H and O–H groups in total. The number of carbonyl (C=O) groups excluding carboxylic acids is 2. The van der Waals surface area contributed by atoms with Gasteiger partial charge in [-0.3, -0.25) is 9.79 Å². The molecule has 11 heteroatoms. The number of fused-ring (bicyclic) bond motifs is 1. The molecule has 0 saturated carbocycles. The lowest BCUT2D eigenvalue weighted by Gasteiger charge is -2.30. The van der Waals surface area contributed by atoms with Crippen LogP contribution in [0.3, 0.4) is 0 Å². The predicted molar refractivity (Wildman–Crippen MR) is 108 cm³/mol. The zero-order valence-electron chi connectivity index (χ0n) is 17.4. The highest BCUT2D eigenvalue weighted by Gasteiger charge is 2.48. The summed E-state index contributed by atoms with van der Waals surface area (Å²) < 4.78 is 50.8. The van der Waals surface area contributed by atoms with Crippen molar-refractivity contribution in [3.63, 3.8) is 0 Å². The number of aryl methyl sites for hydroxylation is 2. The number of amides is 1. The fourth-order valence-electron chi connectivity index (χ4n) is 3.24. The summed E-state index contributed by atoms with van der Waals surface area (Å²) in [5.41, 5.74) is 11.5. The van der Waals surface area contributed by atoms with Gasteiger partial charge in [0.15, 0.2) is 5.96 Å². The lowest BCUT2D eigenvalue weighted by molar-refractivity contribution is -0.185. The van der Waals surface area contributed by atoms with Crippen LogP contribution in [0, 0.1) is 13.8 Å². The molecule has 1 aromatic carbocycles. The van der Waals surface area contributed by atoms with Crippen molar-refractivity contribution in [2.75, 3.05) is 13.7 Å². The third kappa shape index (κ3) is 6.12. The maximum absolute atomic E-state index is 13.7. The molecule has 8 nitrogen and oxygen atoms in total. The van der Waals surface area contributed by atoms with Crippen molar-refractivity contribution in [1.29, 1.82) is 0 Å². The molecule has 0 bridgehead atoms. The topological polar surface area (TPSA) is 129 Å². The molecule has 31 heavy (non-hydrogen) atoms.